The Hall–Kier alpha value is -0.910. The Morgan fingerprint density at radius 1 is 1.10 bits per heavy atom. The highest BCUT2D eigenvalue weighted by Crippen LogP contribution is 2.34. The molecule has 0 radical (unpaired) electrons. The Kier molecular flexibility index (Phi) is 8.74. The van der Waals surface area contributed by atoms with Crippen LogP contribution in [0, 0.1) is 0 Å². The predicted molar refractivity (Wildman–Crippen MR) is 99.0 cm³/mol. The fourth-order valence-electron chi connectivity index (χ4n) is 3.80. The van der Waals surface area contributed by atoms with E-state index < -0.39 is 33.3 Å². The van der Waals surface area contributed by atoms with Crippen molar-refractivity contribution < 1.29 is 41.0 Å². The van der Waals surface area contributed by atoms with Gasteiger partial charge >= 0.3 is 12.1 Å². The van der Waals surface area contributed by atoms with Crippen molar-refractivity contribution in [2.45, 2.75) is 74.8 Å². The third-order valence-electron chi connectivity index (χ3n) is 5.63. The van der Waals surface area contributed by atoms with E-state index in [0.29, 0.717) is 38.7 Å². The van der Waals surface area contributed by atoms with Crippen molar-refractivity contribution in [1.29, 1.82) is 0 Å². The van der Waals surface area contributed by atoms with E-state index in [1.165, 1.54) is 4.31 Å². The number of aliphatic carboxylic acids is 1. The number of hydrogen-bond donors (Lipinski definition) is 1. The average molecular weight is 446 g/mol. The molecule has 0 aliphatic carbocycles. The molecule has 2 heterocycles. The molecule has 2 aliphatic heterocycles. The monoisotopic (exact) mass is 445 g/mol. The lowest BCUT2D eigenvalue weighted by Gasteiger charge is -2.39. The molecule has 0 aromatic rings. The van der Waals surface area contributed by atoms with Crippen LogP contribution in [-0.4, -0.2) is 73.7 Å². The average Bonchev–Trinajstić information content (AvgIpc) is 2.67. The minimum Gasteiger partial charge on any atom is -0.480 e. The number of sulfonamides is 1. The summed E-state index contributed by atoms with van der Waals surface area (Å²) in [6.45, 7) is 1.05. The molecular formula is C18H30F3NO6S. The van der Waals surface area contributed by atoms with Crippen LogP contribution in [0.3, 0.4) is 0 Å². The van der Waals surface area contributed by atoms with Gasteiger partial charge in [0.05, 0.1) is 6.10 Å². The summed E-state index contributed by atoms with van der Waals surface area (Å²) >= 11 is 0. The highest BCUT2D eigenvalue weighted by atomic mass is 32.2. The van der Waals surface area contributed by atoms with Crippen LogP contribution in [0.25, 0.3) is 0 Å². The Balaban J connectivity index is 1.72. The number of hydrogen-bond acceptors (Lipinski definition) is 5. The first-order valence-corrected chi connectivity index (χ1v) is 11.5. The molecule has 0 aromatic heterocycles. The number of ether oxygens (including phenoxy) is 2. The summed E-state index contributed by atoms with van der Waals surface area (Å²) in [7, 11) is -4.01. The van der Waals surface area contributed by atoms with Gasteiger partial charge in [-0.25, -0.2) is 12.7 Å². The van der Waals surface area contributed by atoms with Gasteiger partial charge in [-0.2, -0.15) is 13.2 Å². The first-order chi connectivity index (χ1) is 13.6. The van der Waals surface area contributed by atoms with Crippen LogP contribution >= 0.6 is 0 Å². The van der Waals surface area contributed by atoms with Gasteiger partial charge in [-0.05, 0) is 25.7 Å². The molecule has 2 saturated heterocycles. The third-order valence-corrected chi connectivity index (χ3v) is 8.25. The summed E-state index contributed by atoms with van der Waals surface area (Å²) in [6.07, 6.45) is -2.21. The number of alkyl halides is 3. The van der Waals surface area contributed by atoms with Gasteiger partial charge in [0, 0.05) is 52.2 Å². The number of halogens is 3. The zero-order chi connectivity index (χ0) is 21.5. The molecule has 29 heavy (non-hydrogen) atoms. The maximum atomic E-state index is 13.0. The molecule has 2 aliphatic rings. The van der Waals surface area contributed by atoms with Crippen molar-refractivity contribution in [2.75, 3.05) is 32.9 Å². The number of carboxylic acid groups (broad SMARTS) is 1. The van der Waals surface area contributed by atoms with Gasteiger partial charge in [-0.1, -0.05) is 12.8 Å². The Morgan fingerprint density at radius 3 is 2.24 bits per heavy atom. The van der Waals surface area contributed by atoms with E-state index in [1.807, 2.05) is 0 Å². The number of rotatable bonds is 10. The summed E-state index contributed by atoms with van der Waals surface area (Å²) in [4.78, 5) is 11.8. The second kappa shape index (κ2) is 10.4. The van der Waals surface area contributed by atoms with E-state index in [-0.39, 0.29) is 51.7 Å². The summed E-state index contributed by atoms with van der Waals surface area (Å²) in [5, 5.41) is 9.61. The second-order valence-electron chi connectivity index (χ2n) is 7.67. The van der Waals surface area contributed by atoms with E-state index in [9.17, 15) is 31.5 Å². The van der Waals surface area contributed by atoms with Gasteiger partial charge < -0.3 is 14.6 Å². The number of piperidine rings is 1. The second-order valence-corrected chi connectivity index (χ2v) is 9.91. The highest BCUT2D eigenvalue weighted by molar-refractivity contribution is 7.91. The molecule has 7 nitrogen and oxygen atoms in total. The predicted octanol–water partition coefficient (Wildman–Crippen LogP) is 2.94. The van der Waals surface area contributed by atoms with Crippen LogP contribution in [-0.2, 0) is 24.3 Å². The van der Waals surface area contributed by atoms with Crippen molar-refractivity contribution >= 4 is 16.0 Å². The smallest absolute Gasteiger partial charge is 0.389 e. The molecule has 0 amide bonds. The lowest BCUT2D eigenvalue weighted by Crippen LogP contribution is -2.57. The fourth-order valence-corrected chi connectivity index (χ4v) is 5.89. The quantitative estimate of drug-likeness (QED) is 0.520. The van der Waals surface area contributed by atoms with Gasteiger partial charge in [0.1, 0.15) is 0 Å². The SMILES string of the molecule is O=C(O)C1(S(=O)(=O)N2CCC(OCCCCCCC(F)(F)F)CC2)CCOCC1. The number of carbonyl (C=O) groups is 1. The molecular weight excluding hydrogens is 415 g/mol. The van der Waals surface area contributed by atoms with E-state index >= 15 is 0 Å². The largest absolute Gasteiger partial charge is 0.480 e. The molecule has 0 saturated carbocycles. The molecule has 0 atom stereocenters. The highest BCUT2D eigenvalue weighted by Gasteiger charge is 2.54. The summed E-state index contributed by atoms with van der Waals surface area (Å²) in [5.41, 5.74) is 0. The normalized spacial score (nSPS) is 21.9. The standard InChI is InChI=1S/C18H30F3NO6S/c19-18(20,21)7-3-1-2-4-12-28-15-5-10-22(11-6-15)29(25,26)17(16(23)24)8-13-27-14-9-17/h15H,1-14H2,(H,23,24). The van der Waals surface area contributed by atoms with Crippen molar-refractivity contribution in [3.05, 3.63) is 0 Å². The first kappa shape index (κ1) is 24.4. The summed E-state index contributed by atoms with van der Waals surface area (Å²) < 4.78 is 72.5. The van der Waals surface area contributed by atoms with Gasteiger partial charge in [0.25, 0.3) is 0 Å². The molecule has 170 valence electrons. The molecule has 0 unspecified atom stereocenters. The zero-order valence-electron chi connectivity index (χ0n) is 16.5. The first-order valence-electron chi connectivity index (χ1n) is 10.1. The summed E-state index contributed by atoms with van der Waals surface area (Å²) in [6, 6.07) is 0. The van der Waals surface area contributed by atoms with E-state index in [2.05, 4.69) is 0 Å². The topological polar surface area (TPSA) is 93.1 Å². The molecule has 1 N–H and O–H groups in total. The lowest BCUT2D eigenvalue weighted by molar-refractivity contribution is -0.143. The van der Waals surface area contributed by atoms with Crippen LogP contribution in [0.5, 0.6) is 0 Å². The number of nitrogens with zero attached hydrogens (tertiary/aromatic N) is 1. The lowest BCUT2D eigenvalue weighted by atomic mass is 9.99. The van der Waals surface area contributed by atoms with Crippen molar-refractivity contribution in [3.8, 4) is 0 Å². The van der Waals surface area contributed by atoms with Gasteiger partial charge in [0.2, 0.25) is 10.0 Å². The van der Waals surface area contributed by atoms with Crippen LogP contribution in [0.2, 0.25) is 0 Å². The number of carboxylic acids is 1. The van der Waals surface area contributed by atoms with E-state index in [1.54, 1.807) is 0 Å². The van der Waals surface area contributed by atoms with Crippen LogP contribution < -0.4 is 0 Å². The van der Waals surface area contributed by atoms with Gasteiger partial charge in [-0.3, -0.25) is 4.79 Å². The van der Waals surface area contributed by atoms with Crippen LogP contribution in [0.15, 0.2) is 0 Å². The van der Waals surface area contributed by atoms with Crippen LogP contribution in [0.1, 0.15) is 57.8 Å². The van der Waals surface area contributed by atoms with Gasteiger partial charge in [0.15, 0.2) is 4.75 Å². The van der Waals surface area contributed by atoms with Gasteiger partial charge in [-0.15, -0.1) is 0 Å². The minimum atomic E-state index is -4.10. The molecule has 0 spiro atoms. The molecule has 0 aromatic carbocycles. The van der Waals surface area contributed by atoms with E-state index in [0.717, 1.165) is 0 Å². The maximum Gasteiger partial charge on any atom is 0.389 e. The van der Waals surface area contributed by atoms with Crippen molar-refractivity contribution in [1.82, 2.24) is 4.31 Å². The molecule has 0 bridgehead atoms. The Bertz CT molecular complexity index is 626. The molecule has 2 fully saturated rings. The molecule has 11 heteroatoms. The van der Waals surface area contributed by atoms with E-state index in [4.69, 9.17) is 9.47 Å². The number of unbranched alkanes of at least 4 members (excludes halogenated alkanes) is 3. The van der Waals surface area contributed by atoms with Crippen molar-refractivity contribution in [2.24, 2.45) is 0 Å². The Morgan fingerprint density at radius 2 is 1.69 bits per heavy atom. The fraction of sp³-hybridized carbons (Fsp3) is 0.944. The van der Waals surface area contributed by atoms with Crippen LogP contribution in [0.4, 0.5) is 13.2 Å². The molecule has 2 rings (SSSR count). The maximum absolute atomic E-state index is 13.0. The Labute approximate surface area is 169 Å². The third kappa shape index (κ3) is 6.53. The summed E-state index contributed by atoms with van der Waals surface area (Å²) in [5.74, 6) is -1.33. The van der Waals surface area contributed by atoms with Crippen molar-refractivity contribution in [3.63, 3.8) is 0 Å². The minimum absolute atomic E-state index is 0.0601. The zero-order valence-corrected chi connectivity index (χ0v) is 17.3.